The standard InChI is InChI=1S/C27H37FN2O2/c1-21(25(28)26(31)29-20-27(2,3)4)14-10-8-6-5-7-9-13-19-32-24-18-17-22-15-11-12-16-23(22)30-24/h10-12,14-18H,5-9,13,19-20H2,1-4H3,(H,29,31). The van der Waals surface area contributed by atoms with Gasteiger partial charge < -0.3 is 10.1 Å². The molecule has 174 valence electrons. The highest BCUT2D eigenvalue weighted by Gasteiger charge is 2.15. The van der Waals surface area contributed by atoms with Gasteiger partial charge in [0.25, 0.3) is 5.91 Å². The Balaban J connectivity index is 1.55. The van der Waals surface area contributed by atoms with E-state index in [0.29, 0.717) is 24.6 Å². The number of nitrogens with zero attached hydrogens (tertiary/aromatic N) is 1. The summed E-state index contributed by atoms with van der Waals surface area (Å²) < 4.78 is 19.9. The van der Waals surface area contributed by atoms with Crippen molar-refractivity contribution in [1.82, 2.24) is 10.3 Å². The highest BCUT2D eigenvalue weighted by molar-refractivity contribution is 5.92. The first kappa shape index (κ1) is 25.6. The maximum Gasteiger partial charge on any atom is 0.280 e. The van der Waals surface area contributed by atoms with Crippen LogP contribution in [0.4, 0.5) is 4.39 Å². The number of ether oxygens (including phenoxy) is 1. The van der Waals surface area contributed by atoms with E-state index >= 15 is 0 Å². The second-order valence-corrected chi connectivity index (χ2v) is 9.39. The molecule has 0 aliphatic carbocycles. The van der Waals surface area contributed by atoms with Crippen LogP contribution in [-0.2, 0) is 4.79 Å². The fourth-order valence-electron chi connectivity index (χ4n) is 3.13. The number of allylic oxidation sites excluding steroid dienone is 3. The number of hydrogen-bond donors (Lipinski definition) is 1. The van der Waals surface area contributed by atoms with E-state index in [1.165, 1.54) is 0 Å². The average molecular weight is 441 g/mol. The number of rotatable bonds is 12. The van der Waals surface area contributed by atoms with Gasteiger partial charge in [0.05, 0.1) is 12.1 Å². The van der Waals surface area contributed by atoms with Crippen molar-refractivity contribution in [3.05, 3.63) is 60.0 Å². The zero-order valence-electron chi connectivity index (χ0n) is 19.9. The summed E-state index contributed by atoms with van der Waals surface area (Å²) in [6.07, 6.45) is 9.95. The summed E-state index contributed by atoms with van der Waals surface area (Å²) in [6.45, 7) is 8.74. The summed E-state index contributed by atoms with van der Waals surface area (Å²) in [5.41, 5.74) is 1.25. The van der Waals surface area contributed by atoms with E-state index in [-0.39, 0.29) is 5.41 Å². The molecule has 1 N–H and O–H groups in total. The number of hydrogen-bond acceptors (Lipinski definition) is 3. The number of fused-ring (bicyclic) bond motifs is 1. The molecule has 1 aromatic carbocycles. The molecule has 0 atom stereocenters. The quantitative estimate of drug-likeness (QED) is 0.221. The zero-order valence-corrected chi connectivity index (χ0v) is 19.9. The molecule has 5 heteroatoms. The van der Waals surface area contributed by atoms with Crippen molar-refractivity contribution in [3.63, 3.8) is 0 Å². The number of amides is 1. The van der Waals surface area contributed by atoms with Crippen LogP contribution >= 0.6 is 0 Å². The van der Waals surface area contributed by atoms with E-state index in [1.54, 1.807) is 13.0 Å². The maximum absolute atomic E-state index is 14.1. The van der Waals surface area contributed by atoms with E-state index < -0.39 is 11.7 Å². The number of pyridine rings is 1. The van der Waals surface area contributed by atoms with Crippen LogP contribution in [-0.4, -0.2) is 24.0 Å². The average Bonchev–Trinajstić information content (AvgIpc) is 2.77. The Morgan fingerprint density at radius 3 is 2.56 bits per heavy atom. The van der Waals surface area contributed by atoms with Crippen LogP contribution < -0.4 is 10.1 Å². The molecule has 0 bridgehead atoms. The van der Waals surface area contributed by atoms with Crippen molar-refractivity contribution >= 4 is 16.8 Å². The van der Waals surface area contributed by atoms with Gasteiger partial charge in [-0.2, -0.15) is 0 Å². The molecule has 2 aromatic rings. The highest BCUT2D eigenvalue weighted by atomic mass is 19.1. The van der Waals surface area contributed by atoms with Crippen LogP contribution in [0.5, 0.6) is 5.88 Å². The Morgan fingerprint density at radius 1 is 1.06 bits per heavy atom. The van der Waals surface area contributed by atoms with E-state index in [1.807, 2.05) is 63.2 Å². The normalized spacial score (nSPS) is 12.8. The number of carbonyl (C=O) groups is 1. The minimum absolute atomic E-state index is 0.0703. The van der Waals surface area contributed by atoms with Gasteiger partial charge in [-0.15, -0.1) is 0 Å². The second-order valence-electron chi connectivity index (χ2n) is 9.39. The van der Waals surface area contributed by atoms with Gasteiger partial charge in [-0.25, -0.2) is 9.37 Å². The van der Waals surface area contributed by atoms with Gasteiger partial charge in [0.15, 0.2) is 5.83 Å². The van der Waals surface area contributed by atoms with Gasteiger partial charge in [0.2, 0.25) is 5.88 Å². The number of aromatic nitrogens is 1. The molecule has 32 heavy (non-hydrogen) atoms. The van der Waals surface area contributed by atoms with E-state index in [4.69, 9.17) is 4.74 Å². The third-order valence-corrected chi connectivity index (χ3v) is 5.03. The van der Waals surface area contributed by atoms with E-state index in [2.05, 4.69) is 10.3 Å². The SMILES string of the molecule is CC(C=CCCCCCCCOc1ccc2ccccc2n1)=C(F)C(=O)NCC(C)(C)C. The first-order valence-electron chi connectivity index (χ1n) is 11.6. The monoisotopic (exact) mass is 440 g/mol. The Labute approximate surface area is 192 Å². The molecule has 2 rings (SSSR count). The number of para-hydroxylation sites is 1. The molecule has 0 aliphatic heterocycles. The van der Waals surface area contributed by atoms with Gasteiger partial charge in [0, 0.05) is 18.0 Å². The zero-order chi connectivity index (χ0) is 23.4. The Hall–Kier alpha value is -2.69. The van der Waals surface area contributed by atoms with Crippen LogP contribution in [0.25, 0.3) is 10.9 Å². The number of nitrogens with one attached hydrogen (secondary N) is 1. The lowest BCUT2D eigenvalue weighted by molar-refractivity contribution is -0.119. The molecule has 0 spiro atoms. The predicted molar refractivity (Wildman–Crippen MR) is 130 cm³/mol. The molecule has 1 amide bonds. The minimum Gasteiger partial charge on any atom is -0.478 e. The van der Waals surface area contributed by atoms with Crippen molar-refractivity contribution in [2.24, 2.45) is 5.41 Å². The van der Waals surface area contributed by atoms with Crippen LogP contribution in [0, 0.1) is 5.41 Å². The predicted octanol–water partition coefficient (Wildman–Crippen LogP) is 6.92. The maximum atomic E-state index is 14.1. The van der Waals surface area contributed by atoms with Crippen molar-refractivity contribution < 1.29 is 13.9 Å². The van der Waals surface area contributed by atoms with Crippen molar-refractivity contribution in [3.8, 4) is 5.88 Å². The van der Waals surface area contributed by atoms with Gasteiger partial charge in [-0.3, -0.25) is 4.79 Å². The van der Waals surface area contributed by atoms with Gasteiger partial charge >= 0.3 is 0 Å². The summed E-state index contributed by atoms with van der Waals surface area (Å²) in [6, 6.07) is 12.0. The lowest BCUT2D eigenvalue weighted by atomic mass is 9.97. The summed E-state index contributed by atoms with van der Waals surface area (Å²) in [7, 11) is 0. The molecule has 0 radical (unpaired) electrons. The molecule has 0 saturated carbocycles. The van der Waals surface area contributed by atoms with Crippen LogP contribution in [0.3, 0.4) is 0 Å². The van der Waals surface area contributed by atoms with Gasteiger partial charge in [0.1, 0.15) is 0 Å². The molecule has 1 aromatic heterocycles. The van der Waals surface area contributed by atoms with E-state index in [9.17, 15) is 9.18 Å². The molecule has 0 saturated heterocycles. The summed E-state index contributed by atoms with van der Waals surface area (Å²) in [5, 5.41) is 3.75. The minimum atomic E-state index is -0.702. The van der Waals surface area contributed by atoms with Gasteiger partial charge in [-0.05, 0) is 49.3 Å². The number of halogens is 1. The summed E-state index contributed by atoms with van der Waals surface area (Å²) in [5.74, 6) is -0.661. The Bertz CT molecular complexity index is 929. The molecule has 0 aliphatic rings. The van der Waals surface area contributed by atoms with E-state index in [0.717, 1.165) is 49.4 Å². The molecule has 0 unspecified atom stereocenters. The Kier molecular flexibility index (Phi) is 10.4. The summed E-state index contributed by atoms with van der Waals surface area (Å²) >= 11 is 0. The lowest BCUT2D eigenvalue weighted by Crippen LogP contribution is -2.32. The first-order valence-corrected chi connectivity index (χ1v) is 11.6. The Morgan fingerprint density at radius 2 is 1.78 bits per heavy atom. The lowest BCUT2D eigenvalue weighted by Gasteiger charge is -2.18. The first-order chi connectivity index (χ1) is 15.3. The topological polar surface area (TPSA) is 51.2 Å². The number of carbonyl (C=O) groups excluding carboxylic acids is 1. The number of unbranched alkanes of at least 4 members (excludes halogenated alkanes) is 5. The molecule has 1 heterocycles. The molecular weight excluding hydrogens is 403 g/mol. The largest absolute Gasteiger partial charge is 0.478 e. The number of benzene rings is 1. The second kappa shape index (κ2) is 13.0. The third-order valence-electron chi connectivity index (χ3n) is 5.03. The molecule has 4 nitrogen and oxygen atoms in total. The fourth-order valence-corrected chi connectivity index (χ4v) is 3.13. The third kappa shape index (κ3) is 9.63. The van der Waals surface area contributed by atoms with Gasteiger partial charge in [-0.1, -0.05) is 70.4 Å². The smallest absolute Gasteiger partial charge is 0.280 e. The van der Waals surface area contributed by atoms with Crippen molar-refractivity contribution in [2.75, 3.05) is 13.2 Å². The summed E-state index contributed by atoms with van der Waals surface area (Å²) in [4.78, 5) is 16.4. The van der Waals surface area contributed by atoms with Crippen molar-refractivity contribution in [2.45, 2.75) is 66.2 Å². The van der Waals surface area contributed by atoms with Crippen LogP contribution in [0.1, 0.15) is 66.2 Å². The van der Waals surface area contributed by atoms with Crippen molar-refractivity contribution in [1.29, 1.82) is 0 Å². The van der Waals surface area contributed by atoms with Crippen LogP contribution in [0.2, 0.25) is 0 Å². The fraction of sp³-hybridized carbons (Fsp3) is 0.481. The molecule has 0 fully saturated rings. The highest BCUT2D eigenvalue weighted by Crippen LogP contribution is 2.17. The van der Waals surface area contributed by atoms with Crippen LogP contribution in [0.15, 0.2) is 60.0 Å². The molecular formula is C27H37FN2O2.